The third-order valence-electron chi connectivity index (χ3n) is 5.29. The highest BCUT2D eigenvalue weighted by molar-refractivity contribution is 6.05. The predicted octanol–water partition coefficient (Wildman–Crippen LogP) is 4.91. The Kier molecular flexibility index (Phi) is 7.40. The zero-order chi connectivity index (χ0) is 22.4. The van der Waals surface area contributed by atoms with Crippen LogP contribution in [-0.4, -0.2) is 35.5 Å². The Bertz CT molecular complexity index is 1010. The van der Waals surface area contributed by atoms with Gasteiger partial charge in [-0.05, 0) is 48.6 Å². The molecule has 0 saturated carbocycles. The Morgan fingerprint density at radius 3 is 2.26 bits per heavy atom. The topological polar surface area (TPSA) is 75.8 Å². The molecule has 0 atom stereocenters. The molecule has 3 rings (SSSR count). The summed E-state index contributed by atoms with van der Waals surface area (Å²) in [6, 6.07) is 14.0. The molecule has 1 heterocycles. The first kappa shape index (κ1) is 22.5. The van der Waals surface area contributed by atoms with Crippen LogP contribution in [-0.2, 0) is 16.0 Å². The first-order valence-corrected chi connectivity index (χ1v) is 11.0. The highest BCUT2D eigenvalue weighted by Gasteiger charge is 2.21. The Hall–Kier alpha value is -3.21. The maximum Gasteiger partial charge on any atom is 0.250 e. The maximum absolute atomic E-state index is 13.1. The van der Waals surface area contributed by atoms with Gasteiger partial charge < -0.3 is 10.6 Å². The molecule has 162 valence electrons. The van der Waals surface area contributed by atoms with E-state index in [1.165, 1.54) is 0 Å². The van der Waals surface area contributed by atoms with Gasteiger partial charge in [0, 0.05) is 37.1 Å². The van der Waals surface area contributed by atoms with Crippen molar-refractivity contribution in [1.82, 2.24) is 4.90 Å². The number of amides is 1. The lowest BCUT2D eigenvalue weighted by molar-refractivity contribution is -0.127. The molecular weight excluding hydrogens is 386 g/mol. The standard InChI is InChI=1S/C26H31N3O2/c1-4-12-29(13-5-2)26(31)23-15-22-11-10-21(16-24(22)28-25(27)17-23)20-8-6-19(7-9-20)14-18(3)30/h6-11,15-16H,4-5,12-14,17H2,1-3H3,(H2,27,28). The highest BCUT2D eigenvalue weighted by atomic mass is 16.2. The molecule has 0 saturated heterocycles. The molecule has 0 aromatic heterocycles. The normalized spacial score (nSPS) is 13.0. The van der Waals surface area contributed by atoms with Crippen molar-refractivity contribution in [3.05, 3.63) is 59.2 Å². The summed E-state index contributed by atoms with van der Waals surface area (Å²) in [7, 11) is 0. The molecule has 2 N–H and O–H groups in total. The molecule has 1 amide bonds. The molecule has 5 heteroatoms. The minimum atomic E-state index is 0.0415. The SMILES string of the molecule is CCCN(CCC)C(=O)C1=Cc2ccc(-c3ccc(CC(C)=O)cc3)cc2N=C(N)C1. The fourth-order valence-electron chi connectivity index (χ4n) is 3.87. The molecule has 0 unspecified atom stereocenters. The van der Waals surface area contributed by atoms with Gasteiger partial charge in [-0.3, -0.25) is 9.59 Å². The monoisotopic (exact) mass is 417 g/mol. The molecule has 1 aliphatic rings. The Morgan fingerprint density at radius 2 is 1.65 bits per heavy atom. The van der Waals surface area contributed by atoms with E-state index in [0.717, 1.165) is 53.9 Å². The van der Waals surface area contributed by atoms with Gasteiger partial charge in [0.15, 0.2) is 0 Å². The van der Waals surface area contributed by atoms with Gasteiger partial charge in [-0.15, -0.1) is 0 Å². The zero-order valence-corrected chi connectivity index (χ0v) is 18.6. The molecule has 5 nitrogen and oxygen atoms in total. The number of nitrogens with zero attached hydrogens (tertiary/aromatic N) is 2. The summed E-state index contributed by atoms with van der Waals surface area (Å²) in [4.78, 5) is 30.9. The van der Waals surface area contributed by atoms with E-state index in [4.69, 9.17) is 5.73 Å². The summed E-state index contributed by atoms with van der Waals surface area (Å²) >= 11 is 0. The van der Waals surface area contributed by atoms with Crippen LogP contribution >= 0.6 is 0 Å². The number of benzene rings is 2. The Morgan fingerprint density at radius 1 is 1.00 bits per heavy atom. The van der Waals surface area contributed by atoms with Gasteiger partial charge in [-0.2, -0.15) is 0 Å². The van der Waals surface area contributed by atoms with Gasteiger partial charge in [0.1, 0.15) is 11.6 Å². The van der Waals surface area contributed by atoms with Crippen LogP contribution in [0, 0.1) is 0 Å². The summed E-state index contributed by atoms with van der Waals surface area (Å²) < 4.78 is 0. The second-order valence-corrected chi connectivity index (χ2v) is 8.09. The van der Waals surface area contributed by atoms with Crippen LogP contribution in [0.25, 0.3) is 17.2 Å². The molecule has 31 heavy (non-hydrogen) atoms. The van der Waals surface area contributed by atoms with Gasteiger partial charge in [0.25, 0.3) is 0 Å². The first-order chi connectivity index (χ1) is 14.9. The summed E-state index contributed by atoms with van der Waals surface area (Å²) in [5.74, 6) is 0.635. The van der Waals surface area contributed by atoms with Crippen LogP contribution in [0.15, 0.2) is 53.0 Å². The smallest absolute Gasteiger partial charge is 0.250 e. The maximum atomic E-state index is 13.1. The van der Waals surface area contributed by atoms with Crippen LogP contribution in [0.3, 0.4) is 0 Å². The van der Waals surface area contributed by atoms with Crippen molar-refractivity contribution in [2.45, 2.75) is 46.5 Å². The number of carbonyl (C=O) groups is 2. The van der Waals surface area contributed by atoms with E-state index in [9.17, 15) is 9.59 Å². The second kappa shape index (κ2) is 10.2. The molecule has 0 aliphatic carbocycles. The lowest BCUT2D eigenvalue weighted by atomic mass is 9.99. The van der Waals surface area contributed by atoms with Crippen LogP contribution in [0.2, 0.25) is 0 Å². The van der Waals surface area contributed by atoms with Crippen molar-refractivity contribution >= 4 is 29.3 Å². The molecule has 0 bridgehead atoms. The predicted molar refractivity (Wildman–Crippen MR) is 127 cm³/mol. The van der Waals surface area contributed by atoms with Crippen molar-refractivity contribution in [2.75, 3.05) is 13.1 Å². The number of ketones is 1. The second-order valence-electron chi connectivity index (χ2n) is 8.09. The van der Waals surface area contributed by atoms with Crippen molar-refractivity contribution in [3.63, 3.8) is 0 Å². The van der Waals surface area contributed by atoms with E-state index in [-0.39, 0.29) is 11.7 Å². The number of amidine groups is 1. The number of aliphatic imine (C=N–C) groups is 1. The van der Waals surface area contributed by atoms with Crippen molar-refractivity contribution in [2.24, 2.45) is 10.7 Å². The summed E-state index contributed by atoms with van der Waals surface area (Å²) in [6.07, 6.45) is 4.58. The molecular formula is C26H31N3O2. The van der Waals surface area contributed by atoms with Crippen LogP contribution < -0.4 is 5.73 Å². The van der Waals surface area contributed by atoms with E-state index < -0.39 is 0 Å². The number of rotatable bonds is 8. The zero-order valence-electron chi connectivity index (χ0n) is 18.6. The minimum Gasteiger partial charge on any atom is -0.387 e. The Balaban J connectivity index is 1.91. The average Bonchev–Trinajstić information content (AvgIpc) is 2.90. The van der Waals surface area contributed by atoms with Gasteiger partial charge >= 0.3 is 0 Å². The number of carbonyl (C=O) groups excluding carboxylic acids is 2. The molecule has 0 radical (unpaired) electrons. The quantitative estimate of drug-likeness (QED) is 0.663. The summed E-state index contributed by atoms with van der Waals surface area (Å²) in [6.45, 7) is 7.24. The van der Waals surface area contributed by atoms with Crippen LogP contribution in [0.1, 0.15) is 51.2 Å². The van der Waals surface area contributed by atoms with Gasteiger partial charge in [0.05, 0.1) is 5.69 Å². The van der Waals surface area contributed by atoms with Gasteiger partial charge in [-0.25, -0.2) is 4.99 Å². The third-order valence-corrected chi connectivity index (χ3v) is 5.29. The minimum absolute atomic E-state index is 0.0415. The average molecular weight is 418 g/mol. The molecule has 1 aliphatic heterocycles. The fraction of sp³-hybridized carbons (Fsp3) is 0.346. The van der Waals surface area contributed by atoms with Gasteiger partial charge in [-0.1, -0.05) is 50.2 Å². The number of Topliss-reactive ketones (excluding diaryl/α,β-unsaturated/α-hetero) is 1. The number of fused-ring (bicyclic) bond motifs is 1. The van der Waals surface area contributed by atoms with E-state index in [1.807, 2.05) is 53.4 Å². The van der Waals surface area contributed by atoms with Crippen LogP contribution in [0.4, 0.5) is 5.69 Å². The molecule has 0 spiro atoms. The van der Waals surface area contributed by atoms with Crippen molar-refractivity contribution < 1.29 is 9.59 Å². The van der Waals surface area contributed by atoms with Gasteiger partial charge in [0.2, 0.25) is 5.91 Å². The number of hydrogen-bond donors (Lipinski definition) is 1. The summed E-state index contributed by atoms with van der Waals surface area (Å²) in [5.41, 5.74) is 11.6. The van der Waals surface area contributed by atoms with Crippen LogP contribution in [0.5, 0.6) is 0 Å². The van der Waals surface area contributed by atoms with Crippen molar-refractivity contribution in [3.8, 4) is 11.1 Å². The fourth-order valence-corrected chi connectivity index (χ4v) is 3.87. The van der Waals surface area contributed by atoms with E-state index in [1.54, 1.807) is 6.92 Å². The largest absolute Gasteiger partial charge is 0.387 e. The molecule has 2 aromatic rings. The Labute approximate surface area is 184 Å². The summed E-state index contributed by atoms with van der Waals surface area (Å²) in [5, 5.41) is 0. The lowest BCUT2D eigenvalue weighted by Gasteiger charge is -2.22. The van der Waals surface area contributed by atoms with E-state index >= 15 is 0 Å². The van der Waals surface area contributed by atoms with E-state index in [0.29, 0.717) is 24.3 Å². The third kappa shape index (κ3) is 5.69. The lowest BCUT2D eigenvalue weighted by Crippen LogP contribution is -2.34. The number of hydrogen-bond acceptors (Lipinski definition) is 4. The first-order valence-electron chi connectivity index (χ1n) is 11.0. The molecule has 0 fully saturated rings. The highest BCUT2D eigenvalue weighted by Crippen LogP contribution is 2.32. The van der Waals surface area contributed by atoms with Crippen molar-refractivity contribution in [1.29, 1.82) is 0 Å². The molecule has 2 aromatic carbocycles. The number of nitrogens with two attached hydrogens (primary N) is 1. The van der Waals surface area contributed by atoms with E-state index in [2.05, 4.69) is 18.8 Å².